The molecule has 0 aliphatic rings. The third kappa shape index (κ3) is 8.48. The SMILES string of the molecule is [2H]c1c([2H])c([2H])c(-c2cccc(-c3cccc(CC(C)C)c3)c2-[n+]2[c-]n(-c3[c-]c(Oc4[c-]c5c(cc4)c4cc(-c6ccccc6)ccc4n5-c4cc(C(C)(C)C)ccn4)ccc3)c3ccccc32)c([2H])c1[2H].[Pt]. The maximum atomic E-state index is 9.11. The molecule has 68 heavy (non-hydrogen) atoms. The second-order valence-corrected chi connectivity index (χ2v) is 18.4. The number of ether oxygens (including phenoxy) is 1. The van der Waals surface area contributed by atoms with Crippen LogP contribution in [0.5, 0.6) is 11.5 Å². The van der Waals surface area contributed by atoms with E-state index in [0.717, 1.165) is 67.3 Å². The number of para-hydroxylation sites is 3. The van der Waals surface area contributed by atoms with Crippen LogP contribution in [0.15, 0.2) is 194 Å². The van der Waals surface area contributed by atoms with E-state index in [1.54, 1.807) is 0 Å². The molecule has 8 aromatic carbocycles. The zero-order chi connectivity index (χ0) is 50.0. The molecule has 0 saturated carbocycles. The number of fused-ring (bicyclic) bond motifs is 4. The van der Waals surface area contributed by atoms with Gasteiger partial charge in [0, 0.05) is 44.3 Å². The van der Waals surface area contributed by atoms with E-state index in [0.29, 0.717) is 34.4 Å². The molecule has 0 radical (unpaired) electrons. The summed E-state index contributed by atoms with van der Waals surface area (Å²) >= 11 is 0. The number of hydrogen-bond acceptors (Lipinski definition) is 2. The number of hydrogen-bond donors (Lipinski definition) is 0. The molecule has 0 aliphatic heterocycles. The van der Waals surface area contributed by atoms with Gasteiger partial charge in [-0.25, -0.2) is 4.98 Å². The van der Waals surface area contributed by atoms with Crippen molar-refractivity contribution >= 4 is 32.8 Å². The van der Waals surface area contributed by atoms with Gasteiger partial charge in [0.1, 0.15) is 5.82 Å². The van der Waals surface area contributed by atoms with Gasteiger partial charge in [-0.3, -0.25) is 4.57 Å². The minimum atomic E-state index is -0.443. The van der Waals surface area contributed by atoms with Gasteiger partial charge in [0.25, 0.3) is 6.33 Å². The maximum absolute atomic E-state index is 9.11. The van der Waals surface area contributed by atoms with Crippen LogP contribution in [0, 0.1) is 24.4 Å². The van der Waals surface area contributed by atoms with Gasteiger partial charge in [-0.05, 0) is 91.5 Å². The normalized spacial score (nSPS) is 12.7. The second kappa shape index (κ2) is 18.4. The largest absolute Gasteiger partial charge is 0.510 e. The molecule has 0 spiro atoms. The topological polar surface area (TPSA) is 35.9 Å². The second-order valence-electron chi connectivity index (χ2n) is 18.4. The molecule has 5 nitrogen and oxygen atoms in total. The Morgan fingerprint density at radius 1 is 0.647 bits per heavy atom. The van der Waals surface area contributed by atoms with Gasteiger partial charge in [-0.1, -0.05) is 180 Å². The van der Waals surface area contributed by atoms with Crippen LogP contribution in [-0.4, -0.2) is 14.1 Å². The van der Waals surface area contributed by atoms with Crippen molar-refractivity contribution in [1.82, 2.24) is 14.1 Å². The first kappa shape index (κ1) is 38.7. The Kier molecular flexibility index (Phi) is 10.5. The summed E-state index contributed by atoms with van der Waals surface area (Å²) in [4.78, 5) is 4.91. The van der Waals surface area contributed by atoms with E-state index in [-0.39, 0.29) is 44.1 Å². The maximum Gasteiger partial charge on any atom is 0.268 e. The van der Waals surface area contributed by atoms with Crippen molar-refractivity contribution in [1.29, 1.82) is 0 Å². The summed E-state index contributed by atoms with van der Waals surface area (Å²) in [6, 6.07) is 58.3. The summed E-state index contributed by atoms with van der Waals surface area (Å²) in [5, 5.41) is 2.09. The number of rotatable bonds is 10. The predicted molar refractivity (Wildman–Crippen MR) is 274 cm³/mol. The molecule has 0 amide bonds. The van der Waals surface area contributed by atoms with Gasteiger partial charge >= 0.3 is 0 Å². The number of imidazole rings is 1. The molecule has 336 valence electrons. The summed E-state index contributed by atoms with van der Waals surface area (Å²) in [6.45, 7) is 11.0. The van der Waals surface area contributed by atoms with E-state index in [1.807, 2.05) is 94.2 Å². The molecule has 11 rings (SSSR count). The molecule has 3 heterocycles. The number of benzene rings is 8. The quantitative estimate of drug-likeness (QED) is 0.101. The molecular weight excluding hydrogens is 1010 g/mol. The smallest absolute Gasteiger partial charge is 0.268 e. The van der Waals surface area contributed by atoms with Crippen molar-refractivity contribution in [2.75, 3.05) is 0 Å². The molecule has 0 atom stereocenters. The zero-order valence-corrected chi connectivity index (χ0v) is 40.7. The first-order chi connectivity index (χ1) is 34.7. The first-order valence-electron chi connectivity index (χ1n) is 25.2. The average Bonchev–Trinajstić information content (AvgIpc) is 3.93. The fourth-order valence-corrected chi connectivity index (χ4v) is 9.13. The predicted octanol–water partition coefficient (Wildman–Crippen LogP) is 15.1. The van der Waals surface area contributed by atoms with E-state index in [4.69, 9.17) is 16.6 Å². The van der Waals surface area contributed by atoms with Crippen LogP contribution in [0.2, 0.25) is 0 Å². The van der Waals surface area contributed by atoms with Crippen LogP contribution in [0.3, 0.4) is 0 Å². The van der Waals surface area contributed by atoms with Crippen molar-refractivity contribution in [2.24, 2.45) is 5.92 Å². The van der Waals surface area contributed by atoms with E-state index < -0.39 is 18.1 Å². The average molecular weight is 1070 g/mol. The molecule has 0 bridgehead atoms. The van der Waals surface area contributed by atoms with Gasteiger partial charge in [0.2, 0.25) is 0 Å². The van der Waals surface area contributed by atoms with Crippen LogP contribution in [-0.2, 0) is 32.9 Å². The van der Waals surface area contributed by atoms with Gasteiger partial charge < -0.3 is 13.9 Å². The van der Waals surface area contributed by atoms with E-state index in [2.05, 4.69) is 137 Å². The standard InChI is InChI=1S/C62H50N4O.Pt/c1-42(2)35-43-17-14-22-47(36-43)53-26-16-25-52(45-20-10-7-11-21-45)61(53)65-41-64(57-27-12-13-28-58(57)65)49-23-15-24-50(39-49)67-51-30-31-54-55-37-46(44-18-8-6-9-19-44)29-32-56(55)66(59(54)40-51)60-38-48(33-34-63-60)62(3,4)5;/h6-34,36-38,42H,35H2,1-5H3;/q-2;/i7D,10D,11D,20D,21D;. The molecule has 0 fully saturated rings. The third-order valence-electron chi connectivity index (χ3n) is 12.3. The number of aromatic nitrogens is 4. The molecule has 0 unspecified atom stereocenters. The Bertz CT molecular complexity index is 3880. The zero-order valence-electron chi connectivity index (χ0n) is 43.4. The van der Waals surface area contributed by atoms with Crippen molar-refractivity contribution in [3.63, 3.8) is 0 Å². The van der Waals surface area contributed by atoms with Crippen molar-refractivity contribution in [3.8, 4) is 62.1 Å². The molecule has 3 aromatic heterocycles. The van der Waals surface area contributed by atoms with E-state index >= 15 is 0 Å². The fraction of sp³-hybridized carbons (Fsp3) is 0.129. The third-order valence-corrected chi connectivity index (χ3v) is 12.3. The van der Waals surface area contributed by atoms with Gasteiger partial charge in [-0.2, -0.15) is 18.2 Å². The molecule has 6 heteroatoms. The van der Waals surface area contributed by atoms with E-state index in [1.165, 1.54) is 11.1 Å². The summed E-state index contributed by atoms with van der Waals surface area (Å²) in [7, 11) is 0. The van der Waals surface area contributed by atoms with Crippen molar-refractivity contribution in [2.45, 2.75) is 46.5 Å². The minimum absolute atomic E-state index is 0. The molecule has 11 aromatic rings. The van der Waals surface area contributed by atoms with Crippen molar-refractivity contribution in [3.05, 3.63) is 224 Å². The van der Waals surface area contributed by atoms with Crippen LogP contribution >= 0.6 is 0 Å². The van der Waals surface area contributed by atoms with E-state index in [9.17, 15) is 0 Å². The Morgan fingerprint density at radius 3 is 2.19 bits per heavy atom. The number of pyridine rings is 1. The molecular formula is C62H50N4OPt-2. The molecule has 0 saturated heterocycles. The van der Waals surface area contributed by atoms with Crippen molar-refractivity contribution < 1.29 is 37.2 Å². The first-order valence-corrected chi connectivity index (χ1v) is 22.7. The summed E-state index contributed by atoms with van der Waals surface area (Å²) in [6.07, 6.45) is 6.39. The summed E-state index contributed by atoms with van der Waals surface area (Å²) in [5.74, 6) is 2.19. The Hall–Kier alpha value is -7.33. The fourth-order valence-electron chi connectivity index (χ4n) is 9.13. The van der Waals surface area contributed by atoms with Crippen LogP contribution in [0.4, 0.5) is 0 Å². The Balaban J connectivity index is 0.00000611. The summed E-state index contributed by atoms with van der Waals surface area (Å²) in [5.41, 5.74) is 11.5. The van der Waals surface area contributed by atoms with Crippen LogP contribution in [0.25, 0.3) is 83.4 Å². The monoisotopic (exact) mass is 1070 g/mol. The van der Waals surface area contributed by atoms with Crippen LogP contribution < -0.4 is 9.30 Å². The Labute approximate surface area is 420 Å². The Morgan fingerprint density at radius 2 is 1.38 bits per heavy atom. The van der Waals surface area contributed by atoms with Gasteiger partial charge in [0.15, 0.2) is 0 Å². The molecule has 0 aliphatic carbocycles. The minimum Gasteiger partial charge on any atom is -0.510 e. The summed E-state index contributed by atoms with van der Waals surface area (Å²) < 4.78 is 56.6. The molecule has 0 N–H and O–H groups in total. The number of nitrogens with zero attached hydrogens (tertiary/aromatic N) is 4. The van der Waals surface area contributed by atoms with Gasteiger partial charge in [-0.15, -0.1) is 29.7 Å². The van der Waals surface area contributed by atoms with Crippen LogP contribution in [0.1, 0.15) is 52.6 Å². The van der Waals surface area contributed by atoms with Gasteiger partial charge in [0.05, 0.1) is 23.6 Å².